The van der Waals surface area contributed by atoms with Gasteiger partial charge in [-0.3, -0.25) is 0 Å². The molecule has 1 saturated heterocycles. The lowest BCUT2D eigenvalue weighted by Crippen LogP contribution is -2.44. The third-order valence-electron chi connectivity index (χ3n) is 3.52. The van der Waals surface area contributed by atoms with E-state index in [4.69, 9.17) is 16.7 Å². The minimum absolute atomic E-state index is 0.00917. The lowest BCUT2D eigenvalue weighted by molar-refractivity contribution is 0.192. The van der Waals surface area contributed by atoms with Crippen LogP contribution in [0, 0.1) is 0 Å². The van der Waals surface area contributed by atoms with Crippen LogP contribution < -0.4 is 0 Å². The molecule has 0 aliphatic carbocycles. The maximum absolute atomic E-state index is 12.7. The van der Waals surface area contributed by atoms with Crippen LogP contribution in [0.4, 0.5) is 0 Å². The van der Waals surface area contributed by atoms with Gasteiger partial charge in [0, 0.05) is 23.7 Å². The topological polar surface area (TPSA) is 57.6 Å². The van der Waals surface area contributed by atoms with Crippen LogP contribution in [0.2, 0.25) is 5.02 Å². The van der Waals surface area contributed by atoms with Gasteiger partial charge < -0.3 is 5.11 Å². The van der Waals surface area contributed by atoms with Crippen molar-refractivity contribution < 1.29 is 13.5 Å². The zero-order valence-electron chi connectivity index (χ0n) is 10.9. The highest BCUT2D eigenvalue weighted by atomic mass is 79.9. The van der Waals surface area contributed by atoms with Gasteiger partial charge in [-0.05, 0) is 37.5 Å². The molecule has 2 rings (SSSR count). The Kier molecular flexibility index (Phi) is 5.48. The van der Waals surface area contributed by atoms with E-state index in [2.05, 4.69) is 15.9 Å². The Bertz CT molecular complexity index is 577. The molecule has 1 N–H and O–H groups in total. The second-order valence-corrected chi connectivity index (χ2v) is 8.03. The fraction of sp³-hybridized carbons (Fsp3) is 0.538. The lowest BCUT2D eigenvalue weighted by atomic mass is 10.0. The van der Waals surface area contributed by atoms with Crippen molar-refractivity contribution in [1.82, 2.24) is 4.31 Å². The number of rotatable bonds is 4. The molecule has 0 saturated carbocycles. The molecule has 1 fully saturated rings. The Morgan fingerprint density at radius 3 is 2.80 bits per heavy atom. The van der Waals surface area contributed by atoms with Gasteiger partial charge in [0.25, 0.3) is 0 Å². The molecule has 1 atom stereocenters. The summed E-state index contributed by atoms with van der Waals surface area (Å²) in [5.74, 6) is 0. The summed E-state index contributed by atoms with van der Waals surface area (Å²) in [4.78, 5) is 0.132. The van der Waals surface area contributed by atoms with E-state index in [1.165, 1.54) is 10.4 Å². The zero-order valence-corrected chi connectivity index (χ0v) is 14.1. The van der Waals surface area contributed by atoms with Crippen molar-refractivity contribution in [2.45, 2.75) is 36.6 Å². The molecular formula is C13H17BrClNO3S. The summed E-state index contributed by atoms with van der Waals surface area (Å²) in [6.07, 6.45) is 3.08. The number of nitrogens with zero attached hydrogens (tertiary/aromatic N) is 1. The van der Waals surface area contributed by atoms with Crippen LogP contribution >= 0.6 is 27.5 Å². The maximum Gasteiger partial charge on any atom is 0.244 e. The van der Waals surface area contributed by atoms with E-state index in [9.17, 15) is 8.42 Å². The Labute approximate surface area is 132 Å². The van der Waals surface area contributed by atoms with Crippen LogP contribution in [0.1, 0.15) is 25.7 Å². The van der Waals surface area contributed by atoms with Gasteiger partial charge in [0.05, 0.1) is 5.02 Å². The standard InChI is InChI=1S/C13H17BrClNO3S/c14-10-4-5-13(12(15)9-10)20(18,19)16-7-2-1-3-11(16)6-8-17/h4-5,9,11,17H,1-3,6-8H2. The van der Waals surface area contributed by atoms with E-state index in [1.807, 2.05) is 0 Å². The summed E-state index contributed by atoms with van der Waals surface area (Å²) in [6.45, 7) is 0.476. The molecule has 1 heterocycles. The molecule has 1 aromatic carbocycles. The molecule has 20 heavy (non-hydrogen) atoms. The van der Waals surface area contributed by atoms with Gasteiger partial charge in [0.15, 0.2) is 0 Å². The van der Waals surface area contributed by atoms with Crippen molar-refractivity contribution in [2.24, 2.45) is 0 Å². The Hall–Kier alpha value is -0.140. The predicted octanol–water partition coefficient (Wildman–Crippen LogP) is 3.03. The first kappa shape index (κ1) is 16.2. The van der Waals surface area contributed by atoms with E-state index < -0.39 is 10.0 Å². The molecule has 0 radical (unpaired) electrons. The van der Waals surface area contributed by atoms with Gasteiger partial charge in [-0.2, -0.15) is 4.31 Å². The number of hydrogen-bond acceptors (Lipinski definition) is 3. The molecule has 1 aliphatic rings. The van der Waals surface area contributed by atoms with Crippen LogP contribution in [-0.2, 0) is 10.0 Å². The summed E-state index contributed by atoms with van der Waals surface area (Å²) in [6, 6.07) is 4.63. The highest BCUT2D eigenvalue weighted by Gasteiger charge is 2.34. The Morgan fingerprint density at radius 1 is 1.40 bits per heavy atom. The molecule has 1 unspecified atom stereocenters. The van der Waals surface area contributed by atoms with Crippen molar-refractivity contribution in [2.75, 3.05) is 13.2 Å². The Balaban J connectivity index is 2.37. The fourth-order valence-electron chi connectivity index (χ4n) is 2.54. The van der Waals surface area contributed by atoms with Crippen LogP contribution in [0.25, 0.3) is 0 Å². The molecule has 0 bridgehead atoms. The fourth-order valence-corrected chi connectivity index (χ4v) is 5.28. The molecule has 1 aliphatic heterocycles. The number of piperidine rings is 1. The third kappa shape index (κ3) is 3.36. The van der Waals surface area contributed by atoms with Crippen LogP contribution in [0.5, 0.6) is 0 Å². The summed E-state index contributed by atoms with van der Waals surface area (Å²) < 4.78 is 27.7. The van der Waals surface area contributed by atoms with Crippen LogP contribution in [0.3, 0.4) is 0 Å². The number of sulfonamides is 1. The molecule has 1 aromatic rings. The number of benzene rings is 1. The number of aliphatic hydroxyl groups is 1. The SMILES string of the molecule is O=S(=O)(c1ccc(Br)cc1Cl)N1CCCCC1CCO. The first-order valence-corrected chi connectivity index (χ1v) is 9.15. The van der Waals surface area contributed by atoms with Gasteiger partial charge in [-0.1, -0.05) is 34.0 Å². The highest BCUT2D eigenvalue weighted by Crippen LogP contribution is 2.32. The maximum atomic E-state index is 12.7. The first-order chi connectivity index (χ1) is 9.46. The van der Waals surface area contributed by atoms with E-state index in [0.717, 1.165) is 23.7 Å². The quantitative estimate of drug-likeness (QED) is 0.871. The normalized spacial score (nSPS) is 21.1. The summed E-state index contributed by atoms with van der Waals surface area (Å²) in [7, 11) is -3.61. The van der Waals surface area contributed by atoms with E-state index in [1.54, 1.807) is 12.1 Å². The molecule has 0 spiro atoms. The zero-order chi connectivity index (χ0) is 14.8. The first-order valence-electron chi connectivity index (χ1n) is 6.54. The van der Waals surface area contributed by atoms with Gasteiger partial charge in [0.1, 0.15) is 4.90 Å². The number of halogens is 2. The van der Waals surface area contributed by atoms with Crippen molar-refractivity contribution >= 4 is 37.6 Å². The molecule has 4 nitrogen and oxygen atoms in total. The van der Waals surface area contributed by atoms with E-state index >= 15 is 0 Å². The smallest absolute Gasteiger partial charge is 0.244 e. The van der Waals surface area contributed by atoms with Gasteiger partial charge in [-0.25, -0.2) is 8.42 Å². The van der Waals surface area contributed by atoms with Gasteiger partial charge in [-0.15, -0.1) is 0 Å². The summed E-state index contributed by atoms with van der Waals surface area (Å²) >= 11 is 9.34. The van der Waals surface area contributed by atoms with Gasteiger partial charge >= 0.3 is 0 Å². The molecule has 112 valence electrons. The minimum atomic E-state index is -3.61. The molecular weight excluding hydrogens is 366 g/mol. The molecule has 0 amide bonds. The molecule has 7 heteroatoms. The molecule has 0 aromatic heterocycles. The predicted molar refractivity (Wildman–Crippen MR) is 82.4 cm³/mol. The van der Waals surface area contributed by atoms with Gasteiger partial charge in [0.2, 0.25) is 10.0 Å². The average molecular weight is 383 g/mol. The summed E-state index contributed by atoms with van der Waals surface area (Å²) in [5, 5.41) is 9.33. The van der Waals surface area contributed by atoms with E-state index in [-0.39, 0.29) is 22.6 Å². The van der Waals surface area contributed by atoms with Crippen molar-refractivity contribution in [3.63, 3.8) is 0 Å². The monoisotopic (exact) mass is 381 g/mol. The lowest BCUT2D eigenvalue weighted by Gasteiger charge is -2.34. The second-order valence-electron chi connectivity index (χ2n) is 4.85. The van der Waals surface area contributed by atoms with Crippen LogP contribution in [-0.4, -0.2) is 37.0 Å². The summed E-state index contributed by atoms with van der Waals surface area (Å²) in [5.41, 5.74) is 0. The van der Waals surface area contributed by atoms with Crippen molar-refractivity contribution in [3.8, 4) is 0 Å². The second kappa shape index (κ2) is 6.75. The largest absolute Gasteiger partial charge is 0.396 e. The van der Waals surface area contributed by atoms with Crippen molar-refractivity contribution in [1.29, 1.82) is 0 Å². The van der Waals surface area contributed by atoms with E-state index in [0.29, 0.717) is 13.0 Å². The minimum Gasteiger partial charge on any atom is -0.396 e. The third-order valence-corrected chi connectivity index (χ3v) is 6.44. The number of hydrogen-bond donors (Lipinski definition) is 1. The average Bonchev–Trinajstić information content (AvgIpc) is 2.39. The number of aliphatic hydroxyl groups excluding tert-OH is 1. The highest BCUT2D eigenvalue weighted by molar-refractivity contribution is 9.10. The van der Waals surface area contributed by atoms with Crippen LogP contribution in [0.15, 0.2) is 27.6 Å². The van der Waals surface area contributed by atoms with Crippen molar-refractivity contribution in [3.05, 3.63) is 27.7 Å². The Morgan fingerprint density at radius 2 is 2.15 bits per heavy atom.